The molecule has 0 saturated carbocycles. The van der Waals surface area contributed by atoms with Crippen LogP contribution in [0.2, 0.25) is 0 Å². The SMILES string of the molecule is C1#Cc2cccc3cc4cccc(c4cc23)C#CC#Cc2cccc3cc4cccc(c4cc23)C#Cc2cccc3cc4cccc(c4cc23)C#Cc2cccc3cc4cccc(c4cc23)C#CC#Cc2cccc3cc4cccc(c4cc23)C#Cc2cccc3cc4cccc(c4cc23)C#C1. The van der Waals surface area contributed by atoms with Crippen molar-refractivity contribution in [2.24, 2.45) is 0 Å². The molecule has 0 nitrogen and oxygen atoms in total. The van der Waals surface area contributed by atoms with Gasteiger partial charge in [-0.15, -0.1) is 0 Å². The van der Waals surface area contributed by atoms with E-state index in [9.17, 15) is 0 Å². The normalized spacial score (nSPS) is 11.5. The summed E-state index contributed by atoms with van der Waals surface area (Å²) in [6.45, 7) is 0. The molecule has 0 heteroatoms. The Kier molecular flexibility index (Phi) is 14.1. The topological polar surface area (TPSA) is 0 Å². The molecule has 19 rings (SSSR count). The Morgan fingerprint density at radius 3 is 0.333 bits per heavy atom. The maximum absolute atomic E-state index is 3.63. The van der Waals surface area contributed by atoms with Crippen LogP contribution in [0, 0.1) is 107 Å². The summed E-state index contributed by atoms with van der Waals surface area (Å²) in [7, 11) is 0. The highest BCUT2D eigenvalue weighted by molar-refractivity contribution is 6.09. The second kappa shape index (κ2) is 24.6. The van der Waals surface area contributed by atoms with E-state index in [1.165, 1.54) is 0 Å². The molecular weight excluding hydrogens is 1230 g/mol. The van der Waals surface area contributed by atoms with Gasteiger partial charge in [-0.25, -0.2) is 0 Å². The summed E-state index contributed by atoms with van der Waals surface area (Å²) in [5, 5.41) is 25.8. The minimum atomic E-state index is 0.891. The maximum atomic E-state index is 3.63. The average Bonchev–Trinajstić information content (AvgIpc) is 0.798. The van der Waals surface area contributed by atoms with Gasteiger partial charge in [0.2, 0.25) is 0 Å². The smallest absolute Gasteiger partial charge is 0.0334 e. The van der Waals surface area contributed by atoms with Gasteiger partial charge >= 0.3 is 0 Å². The molecule has 18 aromatic carbocycles. The van der Waals surface area contributed by atoms with E-state index in [2.05, 4.69) is 398 Å². The first-order valence-electron chi connectivity index (χ1n) is 33.9. The molecule has 0 spiro atoms. The highest BCUT2D eigenvalue weighted by atomic mass is 14.2. The average molecular weight is 1270 g/mol. The molecule has 1 aliphatic rings. The maximum Gasteiger partial charge on any atom is 0.0334 e. The van der Waals surface area contributed by atoms with Gasteiger partial charge in [-0.1, -0.05) is 217 Å². The van der Waals surface area contributed by atoms with E-state index >= 15 is 0 Å². The zero-order valence-electron chi connectivity index (χ0n) is 54.7. The Hall–Kier alpha value is -14.9. The van der Waals surface area contributed by atoms with Crippen molar-refractivity contribution in [3.05, 3.63) is 358 Å². The van der Waals surface area contributed by atoms with Crippen LogP contribution in [0.5, 0.6) is 0 Å². The van der Waals surface area contributed by atoms with E-state index in [4.69, 9.17) is 0 Å². The lowest BCUT2D eigenvalue weighted by atomic mass is 9.95. The first kappa shape index (κ1) is 58.5. The van der Waals surface area contributed by atoms with Gasteiger partial charge in [-0.2, -0.15) is 0 Å². The first-order valence-corrected chi connectivity index (χ1v) is 33.9. The van der Waals surface area contributed by atoms with Crippen LogP contribution in [0.1, 0.15) is 66.8 Å². The number of hydrogen-bond donors (Lipinski definition) is 0. The standard InChI is InChI=1S/C102H48/c1-3-21-69-27-9-39-81-56-85-43-13-31-73(97(85)62-93(69)81)49-50-74-32-14-44-86-57-82-41-11-29-71(94(82)63-98(74)86)23-5-6-24-72-30-12-42-84-59-88-46-16-34-76(100(88)65-96(72)84)52-54-78-36-18-48-90-60-89-47-17-35-77(101(89)66-102(78)90)53-51-75-33-15-45-87-58-83-40-10-28-70(95(83)64-99(75)87)22-4-2-20-68-26-8-38-80-55-79-37-7-25-67(19-1)91(79)61-92(68)80/h7-18,25-48,55-66H. The van der Waals surface area contributed by atoms with Gasteiger partial charge in [-0.3, -0.25) is 0 Å². The van der Waals surface area contributed by atoms with Crippen molar-refractivity contribution in [3.63, 3.8) is 0 Å². The third kappa shape index (κ3) is 10.7. The van der Waals surface area contributed by atoms with Gasteiger partial charge in [0.1, 0.15) is 0 Å². The summed E-state index contributed by atoms with van der Waals surface area (Å²) >= 11 is 0. The van der Waals surface area contributed by atoms with Crippen molar-refractivity contribution in [1.29, 1.82) is 0 Å². The monoisotopic (exact) mass is 1270 g/mol. The second-order valence-electron chi connectivity index (χ2n) is 25.7. The Balaban J connectivity index is 0.751. The predicted molar refractivity (Wildman–Crippen MR) is 428 cm³/mol. The molecule has 1 aliphatic carbocycles. The molecule has 456 valence electrons. The van der Waals surface area contributed by atoms with Crippen molar-refractivity contribution in [2.45, 2.75) is 0 Å². The van der Waals surface area contributed by atoms with Gasteiger partial charge in [0, 0.05) is 66.8 Å². The van der Waals surface area contributed by atoms with E-state index in [-0.39, 0.29) is 0 Å². The Labute approximate surface area is 589 Å². The fraction of sp³-hybridized carbons (Fsp3) is 0. The van der Waals surface area contributed by atoms with E-state index in [0.29, 0.717) is 0 Å². The summed E-state index contributed by atoms with van der Waals surface area (Å²) in [5.74, 6) is 61.7. The molecule has 18 aromatic rings. The summed E-state index contributed by atoms with van der Waals surface area (Å²) in [6, 6.07) is 102. The van der Waals surface area contributed by atoms with Crippen molar-refractivity contribution < 1.29 is 0 Å². The van der Waals surface area contributed by atoms with Crippen LogP contribution >= 0.6 is 0 Å². The van der Waals surface area contributed by atoms with Crippen molar-refractivity contribution >= 4 is 129 Å². The number of hydrogen-bond acceptors (Lipinski definition) is 0. The lowest BCUT2D eigenvalue weighted by Gasteiger charge is -2.08. The zero-order valence-corrected chi connectivity index (χ0v) is 54.7. The van der Waals surface area contributed by atoms with Crippen LogP contribution in [-0.2, 0) is 0 Å². The van der Waals surface area contributed by atoms with Crippen LogP contribution in [0.15, 0.2) is 291 Å². The molecular formula is C102H48. The molecule has 0 fully saturated rings. The molecule has 102 heavy (non-hydrogen) atoms. The predicted octanol–water partition coefficient (Wildman–Crippen LogP) is 22.2. The van der Waals surface area contributed by atoms with Gasteiger partial charge in [0.25, 0.3) is 0 Å². The summed E-state index contributed by atoms with van der Waals surface area (Å²) in [5.41, 5.74) is 11.0. The largest absolute Gasteiger partial charge is 0.0610 e. The lowest BCUT2D eigenvalue weighted by Crippen LogP contribution is -1.87. The molecule has 0 saturated heterocycles. The van der Waals surface area contributed by atoms with Gasteiger partial charge in [0.05, 0.1) is 0 Å². The summed E-state index contributed by atoms with van der Waals surface area (Å²) in [4.78, 5) is 0. The van der Waals surface area contributed by atoms with Crippen LogP contribution in [0.4, 0.5) is 0 Å². The van der Waals surface area contributed by atoms with E-state index in [1.807, 2.05) is 0 Å². The fourth-order valence-corrected chi connectivity index (χ4v) is 14.6. The highest BCUT2D eigenvalue weighted by Gasteiger charge is 2.13. The fourth-order valence-electron chi connectivity index (χ4n) is 14.6. The van der Waals surface area contributed by atoms with E-state index < -0.39 is 0 Å². The molecule has 0 N–H and O–H groups in total. The Morgan fingerprint density at radius 2 is 0.216 bits per heavy atom. The second-order valence-corrected chi connectivity index (χ2v) is 25.7. The van der Waals surface area contributed by atoms with Gasteiger partial charge in [-0.05, 0) is 310 Å². The minimum Gasteiger partial charge on any atom is -0.0610 e. The molecule has 0 radical (unpaired) electrons. The molecule has 0 aromatic heterocycles. The minimum absolute atomic E-state index is 0.891. The summed E-state index contributed by atoms with van der Waals surface area (Å²) in [6.07, 6.45) is 0. The van der Waals surface area contributed by atoms with E-state index in [0.717, 1.165) is 196 Å². The molecule has 0 atom stereocenters. The van der Waals surface area contributed by atoms with Crippen LogP contribution in [0.3, 0.4) is 0 Å². The summed E-state index contributed by atoms with van der Waals surface area (Å²) < 4.78 is 0. The molecule has 0 aliphatic heterocycles. The quantitative estimate of drug-likeness (QED) is 0.105. The first-order chi connectivity index (χ1) is 50.5. The van der Waals surface area contributed by atoms with Crippen LogP contribution in [0.25, 0.3) is 129 Å². The third-order valence-corrected chi connectivity index (χ3v) is 19.6. The van der Waals surface area contributed by atoms with Crippen LogP contribution in [-0.4, -0.2) is 0 Å². The van der Waals surface area contributed by atoms with Gasteiger partial charge < -0.3 is 0 Å². The van der Waals surface area contributed by atoms with Gasteiger partial charge in [0.15, 0.2) is 0 Å². The third-order valence-electron chi connectivity index (χ3n) is 19.6. The van der Waals surface area contributed by atoms with Crippen LogP contribution < -0.4 is 0 Å². The number of rotatable bonds is 0. The number of benzene rings is 18. The Morgan fingerprint density at radius 1 is 0.108 bits per heavy atom. The zero-order chi connectivity index (χ0) is 67.5. The highest BCUT2D eigenvalue weighted by Crippen LogP contribution is 2.35. The molecule has 12 bridgehead atoms. The molecule has 0 unspecified atom stereocenters. The Bertz CT molecular complexity index is 7490. The van der Waals surface area contributed by atoms with E-state index in [1.54, 1.807) is 0 Å². The lowest BCUT2D eigenvalue weighted by molar-refractivity contribution is 1.68. The van der Waals surface area contributed by atoms with Crippen molar-refractivity contribution in [3.8, 4) is 107 Å². The van der Waals surface area contributed by atoms with Crippen molar-refractivity contribution in [1.82, 2.24) is 0 Å². The molecule has 0 amide bonds. The molecule has 0 heterocycles. The van der Waals surface area contributed by atoms with Crippen molar-refractivity contribution in [2.75, 3.05) is 0 Å².